The van der Waals surface area contributed by atoms with E-state index in [1.165, 1.54) is 11.8 Å². The summed E-state index contributed by atoms with van der Waals surface area (Å²) in [6.45, 7) is 3.96. The van der Waals surface area contributed by atoms with Crippen molar-refractivity contribution in [3.8, 4) is 11.8 Å². The van der Waals surface area contributed by atoms with Crippen molar-refractivity contribution in [3.63, 3.8) is 0 Å². The van der Waals surface area contributed by atoms with Gasteiger partial charge < -0.3 is 5.32 Å². The Morgan fingerprint density at radius 2 is 1.89 bits per heavy atom. The predicted molar refractivity (Wildman–Crippen MR) is 106 cm³/mol. The lowest BCUT2D eigenvalue weighted by Gasteiger charge is -2.11. The van der Waals surface area contributed by atoms with Crippen LogP contribution in [0.15, 0.2) is 53.7 Å². The fraction of sp³-hybridized carbons (Fsp3) is 0.200. The molecule has 0 bridgehead atoms. The van der Waals surface area contributed by atoms with Crippen molar-refractivity contribution >= 4 is 23.4 Å². The first kappa shape index (κ1) is 18.7. The molecule has 0 spiro atoms. The van der Waals surface area contributed by atoms with Gasteiger partial charge in [-0.05, 0) is 37.6 Å². The number of para-hydroxylation sites is 2. The number of nitrogens with one attached hydrogen (secondary N) is 1. The molecule has 0 aliphatic carbocycles. The number of anilines is 1. The van der Waals surface area contributed by atoms with Crippen LogP contribution in [0.5, 0.6) is 0 Å². The first-order chi connectivity index (χ1) is 13.1. The van der Waals surface area contributed by atoms with Crippen LogP contribution >= 0.6 is 11.8 Å². The zero-order valence-corrected chi connectivity index (χ0v) is 16.0. The van der Waals surface area contributed by atoms with Crippen LogP contribution in [-0.4, -0.2) is 26.4 Å². The summed E-state index contributed by atoms with van der Waals surface area (Å²) in [5.41, 5.74) is 3.16. The van der Waals surface area contributed by atoms with Gasteiger partial charge in [-0.15, -0.1) is 10.2 Å². The highest BCUT2D eigenvalue weighted by Crippen LogP contribution is 2.24. The van der Waals surface area contributed by atoms with Crippen molar-refractivity contribution in [1.29, 1.82) is 5.26 Å². The van der Waals surface area contributed by atoms with Gasteiger partial charge in [0.2, 0.25) is 5.91 Å². The summed E-state index contributed by atoms with van der Waals surface area (Å²) in [6, 6.07) is 17.1. The molecule has 7 heteroatoms. The van der Waals surface area contributed by atoms with Crippen molar-refractivity contribution in [1.82, 2.24) is 14.8 Å². The number of carbonyl (C=O) groups is 1. The summed E-state index contributed by atoms with van der Waals surface area (Å²) in [6.07, 6.45) is 0.310. The van der Waals surface area contributed by atoms with E-state index in [4.69, 9.17) is 5.26 Å². The third-order valence-corrected chi connectivity index (χ3v) is 4.96. The van der Waals surface area contributed by atoms with Gasteiger partial charge in [0.1, 0.15) is 11.9 Å². The van der Waals surface area contributed by atoms with Gasteiger partial charge in [-0.2, -0.15) is 5.26 Å². The lowest BCUT2D eigenvalue weighted by atomic mass is 10.2. The molecule has 3 aromatic rings. The molecule has 1 heterocycles. The number of hydrogen-bond acceptors (Lipinski definition) is 5. The molecule has 0 atom stereocenters. The fourth-order valence-electron chi connectivity index (χ4n) is 2.67. The lowest BCUT2D eigenvalue weighted by molar-refractivity contribution is -0.115. The van der Waals surface area contributed by atoms with Crippen LogP contribution in [0.25, 0.3) is 5.69 Å². The first-order valence-corrected chi connectivity index (χ1v) is 9.48. The molecule has 2 aromatic carbocycles. The highest BCUT2D eigenvalue weighted by Gasteiger charge is 2.14. The van der Waals surface area contributed by atoms with Gasteiger partial charge in [-0.3, -0.25) is 9.36 Å². The van der Waals surface area contributed by atoms with E-state index in [2.05, 4.69) is 21.6 Å². The molecular formula is C20H19N5OS. The maximum atomic E-state index is 12.2. The summed E-state index contributed by atoms with van der Waals surface area (Å²) in [5, 5.41) is 21.1. The van der Waals surface area contributed by atoms with Crippen LogP contribution in [0.3, 0.4) is 0 Å². The predicted octanol–water partition coefficient (Wildman–Crippen LogP) is 3.88. The van der Waals surface area contributed by atoms with Gasteiger partial charge in [0.05, 0.1) is 16.9 Å². The molecule has 0 unspecified atom stereocenters. The van der Waals surface area contributed by atoms with Gasteiger partial charge >= 0.3 is 0 Å². The average molecular weight is 377 g/mol. The molecule has 3 rings (SSSR count). The molecule has 27 heavy (non-hydrogen) atoms. The molecule has 0 aliphatic rings. The molecular weight excluding hydrogens is 358 g/mol. The zero-order chi connectivity index (χ0) is 19.2. The summed E-state index contributed by atoms with van der Waals surface area (Å²) in [5.74, 6) is 1.23. The monoisotopic (exact) mass is 377 g/mol. The van der Waals surface area contributed by atoms with Gasteiger partial charge in [-0.1, -0.05) is 42.1 Å². The number of thioether (sulfide) groups is 1. The van der Waals surface area contributed by atoms with Crippen LogP contribution < -0.4 is 5.32 Å². The molecule has 1 aromatic heterocycles. The standard InChI is InChI=1S/C20H19N5OS/c1-14-7-3-6-10-18(14)25-15(2)23-24-20(25)27-12-11-19(26)22-17-9-5-4-8-16(17)13-21/h3-10H,11-12H2,1-2H3,(H,22,26). The topological polar surface area (TPSA) is 83.6 Å². The van der Waals surface area contributed by atoms with Gasteiger partial charge in [0.25, 0.3) is 0 Å². The van der Waals surface area contributed by atoms with E-state index < -0.39 is 0 Å². The second-order valence-electron chi connectivity index (χ2n) is 5.96. The van der Waals surface area contributed by atoms with Crippen LogP contribution in [0, 0.1) is 25.2 Å². The minimum absolute atomic E-state index is 0.135. The Hall–Kier alpha value is -3.11. The zero-order valence-electron chi connectivity index (χ0n) is 15.1. The van der Waals surface area contributed by atoms with Crippen molar-refractivity contribution in [2.45, 2.75) is 25.4 Å². The normalized spacial score (nSPS) is 10.4. The van der Waals surface area contributed by atoms with E-state index in [1.54, 1.807) is 24.3 Å². The number of nitriles is 1. The second-order valence-corrected chi connectivity index (χ2v) is 7.02. The van der Waals surface area contributed by atoms with E-state index in [-0.39, 0.29) is 5.91 Å². The van der Waals surface area contributed by atoms with E-state index in [9.17, 15) is 4.79 Å². The van der Waals surface area contributed by atoms with Crippen molar-refractivity contribution in [3.05, 3.63) is 65.5 Å². The molecule has 6 nitrogen and oxygen atoms in total. The Bertz CT molecular complexity index is 1010. The number of nitrogens with zero attached hydrogens (tertiary/aromatic N) is 4. The Labute approximate surface area is 162 Å². The van der Waals surface area contributed by atoms with E-state index in [0.29, 0.717) is 23.4 Å². The largest absolute Gasteiger partial charge is 0.325 e. The number of rotatable bonds is 6. The Morgan fingerprint density at radius 1 is 1.15 bits per heavy atom. The maximum Gasteiger partial charge on any atom is 0.225 e. The van der Waals surface area contributed by atoms with Gasteiger partial charge in [0, 0.05) is 12.2 Å². The molecule has 1 N–H and O–H groups in total. The Morgan fingerprint density at radius 3 is 2.67 bits per heavy atom. The van der Waals surface area contributed by atoms with Crippen LogP contribution in [0.1, 0.15) is 23.4 Å². The van der Waals surface area contributed by atoms with Crippen molar-refractivity contribution < 1.29 is 4.79 Å². The molecule has 0 saturated heterocycles. The number of aryl methyl sites for hydroxylation is 2. The molecule has 0 fully saturated rings. The average Bonchev–Trinajstić information content (AvgIpc) is 3.03. The van der Waals surface area contributed by atoms with Crippen molar-refractivity contribution in [2.75, 3.05) is 11.1 Å². The van der Waals surface area contributed by atoms with E-state index in [1.807, 2.05) is 42.7 Å². The second kappa shape index (κ2) is 8.52. The third kappa shape index (κ3) is 4.36. The number of amides is 1. The van der Waals surface area contributed by atoms with Crippen LogP contribution in [-0.2, 0) is 4.79 Å². The molecule has 0 radical (unpaired) electrons. The lowest BCUT2D eigenvalue weighted by Crippen LogP contribution is -2.13. The smallest absolute Gasteiger partial charge is 0.225 e. The minimum Gasteiger partial charge on any atom is -0.325 e. The summed E-state index contributed by atoms with van der Waals surface area (Å²) < 4.78 is 2.00. The van der Waals surface area contributed by atoms with Gasteiger partial charge in [-0.25, -0.2) is 0 Å². The fourth-order valence-corrected chi connectivity index (χ4v) is 3.59. The highest BCUT2D eigenvalue weighted by molar-refractivity contribution is 7.99. The van der Waals surface area contributed by atoms with Gasteiger partial charge in [0.15, 0.2) is 5.16 Å². The van der Waals surface area contributed by atoms with Crippen LogP contribution in [0.4, 0.5) is 5.69 Å². The van der Waals surface area contributed by atoms with E-state index >= 15 is 0 Å². The first-order valence-electron chi connectivity index (χ1n) is 8.50. The summed E-state index contributed by atoms with van der Waals surface area (Å²) >= 11 is 1.48. The molecule has 1 amide bonds. The quantitative estimate of drug-likeness (QED) is 0.659. The summed E-state index contributed by atoms with van der Waals surface area (Å²) in [7, 11) is 0. The molecule has 0 aliphatic heterocycles. The third-order valence-electron chi connectivity index (χ3n) is 4.03. The molecule has 0 saturated carbocycles. The van der Waals surface area contributed by atoms with E-state index in [0.717, 1.165) is 22.2 Å². The Kier molecular flexibility index (Phi) is 5.89. The SMILES string of the molecule is Cc1ccccc1-n1c(C)nnc1SCCC(=O)Nc1ccccc1C#N. The number of aromatic nitrogens is 3. The summed E-state index contributed by atoms with van der Waals surface area (Å²) in [4.78, 5) is 12.2. The highest BCUT2D eigenvalue weighted by atomic mass is 32.2. The maximum absolute atomic E-state index is 12.2. The minimum atomic E-state index is -0.135. The Balaban J connectivity index is 1.64. The number of hydrogen-bond donors (Lipinski definition) is 1. The number of benzene rings is 2. The molecule has 136 valence electrons. The van der Waals surface area contributed by atoms with Crippen LogP contribution in [0.2, 0.25) is 0 Å². The van der Waals surface area contributed by atoms with Crippen molar-refractivity contribution in [2.24, 2.45) is 0 Å². The number of carbonyl (C=O) groups excluding carboxylic acids is 1.